The summed E-state index contributed by atoms with van der Waals surface area (Å²) in [5.74, 6) is -0.825. The lowest BCUT2D eigenvalue weighted by Gasteiger charge is -2.43. The Labute approximate surface area is 261 Å². The molecule has 1 aromatic heterocycles. The molecule has 0 radical (unpaired) electrons. The molecule has 3 aromatic carbocycles. The molecule has 10 heteroatoms. The Morgan fingerprint density at radius 3 is 2.43 bits per heavy atom. The molecule has 4 aromatic rings. The van der Waals surface area contributed by atoms with Gasteiger partial charge < -0.3 is 15.0 Å². The zero-order valence-electron chi connectivity index (χ0n) is 23.8. The Hall–Kier alpha value is -4.15. The number of carbonyl (C=O) groups excluding carboxylic acids is 3. The number of aromatic amines is 1. The highest BCUT2D eigenvalue weighted by Crippen LogP contribution is 2.69. The van der Waals surface area contributed by atoms with Crippen molar-refractivity contribution in [2.24, 2.45) is 29.6 Å². The molecule has 44 heavy (non-hydrogen) atoms. The summed E-state index contributed by atoms with van der Waals surface area (Å²) in [7, 11) is 0. The van der Waals surface area contributed by atoms with Crippen LogP contribution in [0, 0.1) is 36.5 Å². The van der Waals surface area contributed by atoms with Gasteiger partial charge in [-0.05, 0) is 60.9 Å². The molecule has 3 heterocycles. The third-order valence-electron chi connectivity index (χ3n) is 9.77. The van der Waals surface area contributed by atoms with E-state index in [0.717, 1.165) is 33.1 Å². The van der Waals surface area contributed by atoms with Gasteiger partial charge in [0.15, 0.2) is 6.61 Å². The summed E-state index contributed by atoms with van der Waals surface area (Å²) in [6.45, 7) is 1.76. The van der Waals surface area contributed by atoms with Crippen LogP contribution in [0.5, 0.6) is 5.75 Å². The van der Waals surface area contributed by atoms with Crippen LogP contribution in [0.1, 0.15) is 28.3 Å². The SMILES string of the molecule is Cc1ccccc1NC(=O)COc1ccccc1[C@H]1c2sc(=O)[nH]c2SC2C1[C@H]1C[C@@H]2C2C(=O)N(c3ccccc3)C(=O)C21. The number of nitrogens with one attached hydrogen (secondary N) is 2. The minimum absolute atomic E-state index is 0.0135. The van der Waals surface area contributed by atoms with Crippen LogP contribution in [0.2, 0.25) is 0 Å². The molecule has 1 saturated heterocycles. The Bertz CT molecular complexity index is 1870. The number of amides is 3. The standard InChI is InChI=1S/C34H29N3O5S2/c1-17-9-5-7-13-22(17)35-24(38)16-42-23-14-8-6-12-19(23)25-26-20-15-21(29(26)43-31-30(25)44-34(41)36-31)28-27(20)32(39)37(33(28)40)18-10-3-2-4-11-18/h2-14,20-21,25-29H,15-16H2,1H3,(H,35,38)(H,36,41)/t20-,21-,25-,26?,27?,28?,29?/m1/s1. The van der Waals surface area contributed by atoms with E-state index in [1.807, 2.05) is 85.8 Å². The highest BCUT2D eigenvalue weighted by Gasteiger charge is 2.69. The van der Waals surface area contributed by atoms with Crippen molar-refractivity contribution in [1.82, 2.24) is 4.98 Å². The number of hydrogen-bond donors (Lipinski definition) is 2. The molecule has 0 spiro atoms. The molecule has 3 amide bonds. The summed E-state index contributed by atoms with van der Waals surface area (Å²) in [6.07, 6.45) is 0.801. The van der Waals surface area contributed by atoms with Crippen molar-refractivity contribution in [2.75, 3.05) is 16.8 Å². The minimum Gasteiger partial charge on any atom is -0.483 e. The average molecular weight is 624 g/mol. The van der Waals surface area contributed by atoms with E-state index in [1.165, 1.54) is 16.2 Å². The molecule has 3 fully saturated rings. The maximum atomic E-state index is 13.9. The van der Waals surface area contributed by atoms with Crippen molar-refractivity contribution in [1.29, 1.82) is 0 Å². The fourth-order valence-electron chi connectivity index (χ4n) is 8.11. The molecule has 4 aliphatic rings. The number of hydrogen-bond acceptors (Lipinski definition) is 7. The van der Waals surface area contributed by atoms with Crippen LogP contribution in [-0.4, -0.2) is 34.6 Å². The fraction of sp³-hybridized carbons (Fsp3) is 0.294. The van der Waals surface area contributed by atoms with Gasteiger partial charge in [-0.3, -0.25) is 24.1 Å². The lowest BCUT2D eigenvalue weighted by atomic mass is 9.68. The van der Waals surface area contributed by atoms with Gasteiger partial charge in [0.1, 0.15) is 5.75 Å². The Morgan fingerprint density at radius 1 is 0.932 bits per heavy atom. The Kier molecular flexibility index (Phi) is 6.53. The minimum atomic E-state index is -0.387. The molecule has 222 valence electrons. The number of carbonyl (C=O) groups is 3. The van der Waals surface area contributed by atoms with Gasteiger partial charge in [0, 0.05) is 27.3 Å². The van der Waals surface area contributed by atoms with Crippen LogP contribution in [0.4, 0.5) is 11.4 Å². The average Bonchev–Trinajstić information content (AvgIpc) is 3.76. The van der Waals surface area contributed by atoms with E-state index in [4.69, 9.17) is 4.74 Å². The highest BCUT2D eigenvalue weighted by atomic mass is 32.2. The van der Waals surface area contributed by atoms with Gasteiger partial charge in [-0.2, -0.15) is 0 Å². The molecular weight excluding hydrogens is 595 g/mol. The number of aromatic nitrogens is 1. The molecule has 4 unspecified atom stereocenters. The van der Waals surface area contributed by atoms with Crippen molar-refractivity contribution in [3.8, 4) is 5.75 Å². The van der Waals surface area contributed by atoms with Crippen molar-refractivity contribution in [2.45, 2.75) is 29.5 Å². The van der Waals surface area contributed by atoms with Gasteiger partial charge >= 0.3 is 4.87 Å². The molecule has 2 aliphatic carbocycles. The third-order valence-corrected chi connectivity index (χ3v) is 12.4. The number of anilines is 2. The predicted molar refractivity (Wildman–Crippen MR) is 169 cm³/mol. The van der Waals surface area contributed by atoms with Crippen LogP contribution in [-0.2, 0) is 14.4 Å². The number of imide groups is 1. The van der Waals surface area contributed by atoms with Crippen molar-refractivity contribution in [3.63, 3.8) is 0 Å². The second-order valence-corrected chi connectivity index (χ2v) is 14.2. The first-order chi connectivity index (χ1) is 21.4. The van der Waals surface area contributed by atoms with Crippen LogP contribution in [0.3, 0.4) is 0 Å². The summed E-state index contributed by atoms with van der Waals surface area (Å²) >= 11 is 2.85. The number of ether oxygens (including phenoxy) is 1. The van der Waals surface area contributed by atoms with Gasteiger partial charge in [0.25, 0.3) is 5.91 Å². The number of thiazole rings is 1. The monoisotopic (exact) mass is 623 g/mol. The molecule has 8 rings (SSSR count). The topological polar surface area (TPSA) is 109 Å². The van der Waals surface area contributed by atoms with Gasteiger partial charge in [-0.15, -0.1) is 11.8 Å². The molecule has 2 bridgehead atoms. The zero-order chi connectivity index (χ0) is 30.1. The predicted octanol–water partition coefficient (Wildman–Crippen LogP) is 5.44. The van der Waals surface area contributed by atoms with Crippen molar-refractivity contribution >= 4 is 52.2 Å². The number of rotatable bonds is 6. The smallest absolute Gasteiger partial charge is 0.305 e. The molecule has 7 atom stereocenters. The largest absolute Gasteiger partial charge is 0.483 e. The summed E-state index contributed by atoms with van der Waals surface area (Å²) in [5, 5.41) is 3.82. The summed E-state index contributed by atoms with van der Waals surface area (Å²) in [5.41, 5.74) is 3.21. The Morgan fingerprint density at radius 2 is 1.64 bits per heavy atom. The lowest BCUT2D eigenvalue weighted by molar-refractivity contribution is -0.123. The first-order valence-electron chi connectivity index (χ1n) is 14.8. The van der Waals surface area contributed by atoms with E-state index in [0.29, 0.717) is 11.4 Å². The lowest BCUT2D eigenvalue weighted by Crippen LogP contribution is -2.42. The van der Waals surface area contributed by atoms with E-state index < -0.39 is 0 Å². The number of thioether (sulfide) groups is 1. The number of benzene rings is 3. The van der Waals surface area contributed by atoms with Gasteiger partial charge in [-0.25, -0.2) is 0 Å². The summed E-state index contributed by atoms with van der Waals surface area (Å²) in [6, 6.07) is 24.5. The number of H-pyrrole nitrogens is 1. The van der Waals surface area contributed by atoms with E-state index in [9.17, 15) is 19.2 Å². The van der Waals surface area contributed by atoms with Crippen LogP contribution in [0.25, 0.3) is 0 Å². The van der Waals surface area contributed by atoms with Crippen LogP contribution >= 0.6 is 23.1 Å². The molecule has 2 N–H and O–H groups in total. The van der Waals surface area contributed by atoms with Gasteiger partial charge in [-0.1, -0.05) is 65.9 Å². The molecule has 2 saturated carbocycles. The van der Waals surface area contributed by atoms with Gasteiger partial charge in [0.05, 0.1) is 22.5 Å². The summed E-state index contributed by atoms with van der Waals surface area (Å²) < 4.78 is 6.18. The normalized spacial score (nSPS) is 28.0. The maximum absolute atomic E-state index is 13.9. The van der Waals surface area contributed by atoms with E-state index >= 15 is 0 Å². The Balaban J connectivity index is 1.13. The quantitative estimate of drug-likeness (QED) is 0.277. The molecular formula is C34H29N3O5S2. The first kappa shape index (κ1) is 27.4. The second kappa shape index (κ2) is 10.5. The van der Waals surface area contributed by atoms with Crippen LogP contribution < -0.4 is 19.8 Å². The maximum Gasteiger partial charge on any atom is 0.305 e. The molecule has 2 aliphatic heterocycles. The first-order valence-corrected chi connectivity index (χ1v) is 16.5. The molecule has 8 nitrogen and oxygen atoms in total. The fourth-order valence-corrected chi connectivity index (χ4v) is 11.0. The van der Waals surface area contributed by atoms with E-state index in [2.05, 4.69) is 10.3 Å². The highest BCUT2D eigenvalue weighted by molar-refractivity contribution is 8.00. The van der Waals surface area contributed by atoms with Crippen molar-refractivity contribution in [3.05, 3.63) is 105 Å². The van der Waals surface area contributed by atoms with Crippen molar-refractivity contribution < 1.29 is 19.1 Å². The number of nitrogens with zero attached hydrogens (tertiary/aromatic N) is 1. The zero-order valence-corrected chi connectivity index (χ0v) is 25.4. The number of aryl methyl sites for hydroxylation is 1. The number of fused-ring (bicyclic) bond motifs is 9. The number of para-hydroxylation sites is 3. The van der Waals surface area contributed by atoms with E-state index in [-0.39, 0.29) is 70.0 Å². The van der Waals surface area contributed by atoms with Crippen LogP contribution in [0.15, 0.2) is 88.7 Å². The summed E-state index contributed by atoms with van der Waals surface area (Å²) in [4.78, 5) is 58.6. The second-order valence-electron chi connectivity index (χ2n) is 12.0. The third kappa shape index (κ3) is 4.18. The van der Waals surface area contributed by atoms with Gasteiger partial charge in [0.2, 0.25) is 11.8 Å². The van der Waals surface area contributed by atoms with E-state index in [1.54, 1.807) is 11.8 Å².